The summed E-state index contributed by atoms with van der Waals surface area (Å²) in [5.74, 6) is 0. The van der Waals surface area contributed by atoms with Gasteiger partial charge < -0.3 is 9.47 Å². The molecule has 0 radical (unpaired) electrons. The minimum Gasteiger partial charge on any atom is -0.359 e. The molecule has 0 spiro atoms. The van der Waals surface area contributed by atoms with Crippen LogP contribution in [-0.4, -0.2) is 20.5 Å². The molecular weight excluding hydrogens is 235 g/mol. The third kappa shape index (κ3) is 4.39. The van der Waals surface area contributed by atoms with E-state index in [1.165, 1.54) is 0 Å². The maximum absolute atomic E-state index is 6.04. The molecule has 0 atom stereocenters. The Hall–Kier alpha value is -0.280. The number of rotatable bonds is 6. The van der Waals surface area contributed by atoms with E-state index in [1.54, 1.807) is 13.2 Å². The zero-order valence-electron chi connectivity index (χ0n) is 8.63. The average Bonchev–Trinajstić information content (AvgIpc) is 2.24. The first-order chi connectivity index (χ1) is 7.25. The van der Waals surface area contributed by atoms with E-state index < -0.39 is 0 Å². The third-order valence-corrected chi connectivity index (χ3v) is 2.83. The first kappa shape index (κ1) is 12.8. The van der Waals surface area contributed by atoms with Gasteiger partial charge in [0.1, 0.15) is 6.79 Å². The minimum absolute atomic E-state index is 0.337. The molecule has 0 bridgehead atoms. The van der Waals surface area contributed by atoms with Crippen LogP contribution in [0, 0.1) is 0 Å². The van der Waals surface area contributed by atoms with Crippen LogP contribution in [0.3, 0.4) is 0 Å². The Bertz CT molecular complexity index is 303. The lowest BCUT2D eigenvalue weighted by Gasteiger charge is -2.06. The predicted octanol–water partition coefficient (Wildman–Crippen LogP) is 3.55. The van der Waals surface area contributed by atoms with Gasteiger partial charge in [0.05, 0.1) is 10.0 Å². The monoisotopic (exact) mass is 248 g/mol. The summed E-state index contributed by atoms with van der Waals surface area (Å²) in [4.78, 5) is 0. The number of hydrogen-bond donors (Lipinski definition) is 0. The van der Waals surface area contributed by atoms with Crippen molar-refractivity contribution in [3.8, 4) is 0 Å². The molecule has 0 N–H and O–H groups in total. The lowest BCUT2D eigenvalue weighted by atomic mass is 10.1. The fourth-order valence-corrected chi connectivity index (χ4v) is 1.66. The molecule has 0 saturated heterocycles. The van der Waals surface area contributed by atoms with Crippen LogP contribution >= 0.6 is 23.2 Å². The molecule has 1 aromatic carbocycles. The molecule has 0 aliphatic heterocycles. The van der Waals surface area contributed by atoms with E-state index >= 15 is 0 Å². The van der Waals surface area contributed by atoms with Gasteiger partial charge in [0.25, 0.3) is 0 Å². The summed E-state index contributed by atoms with van der Waals surface area (Å²) < 4.78 is 9.94. The highest BCUT2D eigenvalue weighted by atomic mass is 35.5. The second-order valence-electron chi connectivity index (χ2n) is 3.13. The molecule has 0 amide bonds. The summed E-state index contributed by atoms with van der Waals surface area (Å²) in [7, 11) is 1.60. The molecule has 1 aromatic rings. The SMILES string of the molecule is COCOCCCc1cccc(Cl)c1Cl. The summed E-state index contributed by atoms with van der Waals surface area (Å²) >= 11 is 11.9. The average molecular weight is 249 g/mol. The Balaban J connectivity index is 2.34. The first-order valence-corrected chi connectivity index (χ1v) is 5.51. The van der Waals surface area contributed by atoms with Crippen LogP contribution in [-0.2, 0) is 15.9 Å². The number of benzene rings is 1. The number of hydrogen-bond acceptors (Lipinski definition) is 2. The summed E-state index contributed by atoms with van der Waals surface area (Å²) in [6.45, 7) is 1.000. The number of aryl methyl sites for hydroxylation is 1. The topological polar surface area (TPSA) is 18.5 Å². The molecule has 0 aliphatic rings. The number of halogens is 2. The van der Waals surface area contributed by atoms with Crippen molar-refractivity contribution in [2.75, 3.05) is 20.5 Å². The molecular formula is C11H14Cl2O2. The fraction of sp³-hybridized carbons (Fsp3) is 0.455. The molecule has 0 fully saturated rings. The van der Waals surface area contributed by atoms with Crippen molar-refractivity contribution in [3.05, 3.63) is 33.8 Å². The summed E-state index contributed by atoms with van der Waals surface area (Å²) in [5.41, 5.74) is 1.06. The normalized spacial score (nSPS) is 10.6. The third-order valence-electron chi connectivity index (χ3n) is 1.97. The van der Waals surface area contributed by atoms with E-state index in [9.17, 15) is 0 Å². The fourth-order valence-electron chi connectivity index (χ4n) is 1.25. The van der Waals surface area contributed by atoms with Crippen molar-refractivity contribution in [2.45, 2.75) is 12.8 Å². The zero-order chi connectivity index (χ0) is 11.1. The van der Waals surface area contributed by atoms with Crippen molar-refractivity contribution >= 4 is 23.2 Å². The van der Waals surface area contributed by atoms with Crippen LogP contribution in [0.1, 0.15) is 12.0 Å². The van der Waals surface area contributed by atoms with Gasteiger partial charge in [0.15, 0.2) is 0 Å². The second-order valence-corrected chi connectivity index (χ2v) is 3.92. The van der Waals surface area contributed by atoms with E-state index in [1.807, 2.05) is 12.1 Å². The van der Waals surface area contributed by atoms with Crippen molar-refractivity contribution in [1.82, 2.24) is 0 Å². The Morgan fingerprint density at radius 2 is 2.07 bits per heavy atom. The Labute approximate surface area is 100 Å². The van der Waals surface area contributed by atoms with Crippen LogP contribution in [0.25, 0.3) is 0 Å². The van der Waals surface area contributed by atoms with Crippen LogP contribution < -0.4 is 0 Å². The quantitative estimate of drug-likeness (QED) is 0.567. The standard InChI is InChI=1S/C11H14Cl2O2/c1-14-8-15-7-3-5-9-4-2-6-10(12)11(9)13/h2,4,6H,3,5,7-8H2,1H3. The molecule has 0 unspecified atom stereocenters. The van der Waals surface area contributed by atoms with Gasteiger partial charge in [-0.3, -0.25) is 0 Å². The second kappa shape index (κ2) is 7.07. The zero-order valence-corrected chi connectivity index (χ0v) is 10.1. The van der Waals surface area contributed by atoms with Gasteiger partial charge in [-0.25, -0.2) is 0 Å². The van der Waals surface area contributed by atoms with Crippen LogP contribution in [0.2, 0.25) is 10.0 Å². The lowest BCUT2D eigenvalue weighted by Crippen LogP contribution is -2.00. The Morgan fingerprint density at radius 3 is 2.80 bits per heavy atom. The van der Waals surface area contributed by atoms with Gasteiger partial charge in [0, 0.05) is 13.7 Å². The molecule has 0 aromatic heterocycles. The van der Waals surface area contributed by atoms with Gasteiger partial charge in [-0.05, 0) is 24.5 Å². The highest BCUT2D eigenvalue weighted by molar-refractivity contribution is 6.42. The van der Waals surface area contributed by atoms with Gasteiger partial charge in [-0.2, -0.15) is 0 Å². The molecule has 15 heavy (non-hydrogen) atoms. The van der Waals surface area contributed by atoms with E-state index in [-0.39, 0.29) is 0 Å². The van der Waals surface area contributed by atoms with Gasteiger partial charge in [-0.1, -0.05) is 35.3 Å². The van der Waals surface area contributed by atoms with Crippen molar-refractivity contribution in [1.29, 1.82) is 0 Å². The summed E-state index contributed by atoms with van der Waals surface area (Å²) in [6.07, 6.45) is 1.77. The van der Waals surface area contributed by atoms with Gasteiger partial charge in [0.2, 0.25) is 0 Å². The number of methoxy groups -OCH3 is 1. The maximum Gasteiger partial charge on any atom is 0.146 e. The highest BCUT2D eigenvalue weighted by Gasteiger charge is 2.03. The largest absolute Gasteiger partial charge is 0.359 e. The van der Waals surface area contributed by atoms with Crippen LogP contribution in [0.5, 0.6) is 0 Å². The maximum atomic E-state index is 6.04. The lowest BCUT2D eigenvalue weighted by molar-refractivity contribution is -0.0310. The molecule has 2 nitrogen and oxygen atoms in total. The van der Waals surface area contributed by atoms with E-state index in [0.717, 1.165) is 18.4 Å². The molecule has 0 saturated carbocycles. The highest BCUT2D eigenvalue weighted by Crippen LogP contribution is 2.26. The molecule has 0 aliphatic carbocycles. The van der Waals surface area contributed by atoms with Crippen LogP contribution in [0.4, 0.5) is 0 Å². The summed E-state index contributed by atoms with van der Waals surface area (Å²) in [5, 5.41) is 1.25. The molecule has 0 heterocycles. The molecule has 1 rings (SSSR count). The Morgan fingerprint density at radius 1 is 1.27 bits per heavy atom. The number of ether oxygens (including phenoxy) is 2. The Kier molecular flexibility index (Phi) is 6.03. The van der Waals surface area contributed by atoms with E-state index in [4.69, 9.17) is 32.7 Å². The molecule has 84 valence electrons. The van der Waals surface area contributed by atoms with Crippen LogP contribution in [0.15, 0.2) is 18.2 Å². The van der Waals surface area contributed by atoms with E-state index in [0.29, 0.717) is 23.4 Å². The van der Waals surface area contributed by atoms with E-state index in [2.05, 4.69) is 0 Å². The predicted molar refractivity (Wildman–Crippen MR) is 62.6 cm³/mol. The molecule has 4 heteroatoms. The van der Waals surface area contributed by atoms with Crippen molar-refractivity contribution in [3.63, 3.8) is 0 Å². The first-order valence-electron chi connectivity index (χ1n) is 4.75. The summed E-state index contributed by atoms with van der Waals surface area (Å²) in [6, 6.07) is 5.67. The van der Waals surface area contributed by atoms with Crippen molar-refractivity contribution in [2.24, 2.45) is 0 Å². The smallest absolute Gasteiger partial charge is 0.146 e. The van der Waals surface area contributed by atoms with Gasteiger partial charge in [-0.15, -0.1) is 0 Å². The minimum atomic E-state index is 0.337. The van der Waals surface area contributed by atoms with Crippen molar-refractivity contribution < 1.29 is 9.47 Å². The van der Waals surface area contributed by atoms with Gasteiger partial charge >= 0.3 is 0 Å².